The highest BCUT2D eigenvalue weighted by Crippen LogP contribution is 1.91. The van der Waals surface area contributed by atoms with Gasteiger partial charge in [-0.15, -0.1) is 0 Å². The lowest BCUT2D eigenvalue weighted by molar-refractivity contribution is 0.835. The van der Waals surface area contributed by atoms with Gasteiger partial charge in [-0.25, -0.2) is 0 Å². The van der Waals surface area contributed by atoms with Gasteiger partial charge in [0.1, 0.15) is 0 Å². The lowest BCUT2D eigenvalue weighted by Gasteiger charge is -1.88. The summed E-state index contributed by atoms with van der Waals surface area (Å²) in [7, 11) is 0. The van der Waals surface area contributed by atoms with Crippen LogP contribution < -0.4 is 10.6 Å². The van der Waals surface area contributed by atoms with E-state index in [1.807, 2.05) is 6.92 Å². The van der Waals surface area contributed by atoms with Crippen molar-refractivity contribution in [2.24, 2.45) is 0 Å². The number of hydrogen-bond donors (Lipinski definition) is 2. The predicted octanol–water partition coefficient (Wildman–Crippen LogP) is -0.471. The van der Waals surface area contributed by atoms with Crippen LogP contribution in [0.3, 0.4) is 0 Å². The highest BCUT2D eigenvalue weighted by atomic mass is 15.1. The maximum Gasteiger partial charge on any atom is 0.0396 e. The van der Waals surface area contributed by atoms with Gasteiger partial charge in [0.25, 0.3) is 0 Å². The van der Waals surface area contributed by atoms with Crippen LogP contribution in [0.15, 0.2) is 0 Å². The summed E-state index contributed by atoms with van der Waals surface area (Å²) in [6.45, 7) is 3.96. The average molecular weight is 110 g/mol. The first-order valence-electron chi connectivity index (χ1n) is 2.81. The molecule has 1 heterocycles. The molecule has 1 saturated heterocycles. The summed E-state index contributed by atoms with van der Waals surface area (Å²) in [5.74, 6) is 2.76. The van der Waals surface area contributed by atoms with Crippen molar-refractivity contribution >= 4 is 0 Å². The lowest BCUT2D eigenvalue weighted by atomic mass is 10.5. The Balaban J connectivity index is 1.92. The minimum Gasteiger partial charge on any atom is -0.344 e. The molecule has 0 amide bonds. The third kappa shape index (κ3) is 1.85. The van der Waals surface area contributed by atoms with Gasteiger partial charge in [-0.05, 0) is 6.92 Å². The molecule has 0 aliphatic carbocycles. The molecule has 8 heavy (non-hydrogen) atoms. The molecule has 1 aliphatic rings. The molecule has 0 spiro atoms. The fourth-order valence-corrected chi connectivity index (χ4v) is 0.490. The van der Waals surface area contributed by atoms with Crippen molar-refractivity contribution in [2.75, 3.05) is 13.1 Å². The molecule has 2 heteroatoms. The lowest BCUT2D eigenvalue weighted by Crippen LogP contribution is -2.14. The molecule has 1 unspecified atom stereocenters. The molecule has 44 valence electrons. The van der Waals surface area contributed by atoms with Gasteiger partial charge in [0, 0.05) is 25.2 Å². The van der Waals surface area contributed by atoms with Crippen molar-refractivity contribution < 1.29 is 0 Å². The Labute approximate surface area is 49.7 Å². The molecular formula is C6H10N2. The first kappa shape index (κ1) is 5.46. The maximum atomic E-state index is 3.16. The highest BCUT2D eigenvalue weighted by Gasteiger charge is 2.17. The van der Waals surface area contributed by atoms with E-state index in [1.54, 1.807) is 0 Å². The Kier molecular flexibility index (Phi) is 1.76. The van der Waals surface area contributed by atoms with Crippen LogP contribution in [0.5, 0.6) is 0 Å². The van der Waals surface area contributed by atoms with Gasteiger partial charge in [-0.3, -0.25) is 0 Å². The van der Waals surface area contributed by atoms with E-state index in [0.717, 1.165) is 13.1 Å². The molecule has 0 radical (unpaired) electrons. The molecular weight excluding hydrogens is 100 g/mol. The van der Waals surface area contributed by atoms with E-state index in [2.05, 4.69) is 22.6 Å². The van der Waals surface area contributed by atoms with Crippen molar-refractivity contribution in [3.05, 3.63) is 0 Å². The Bertz CT molecular complexity index is 116. The van der Waals surface area contributed by atoms with Gasteiger partial charge in [-0.1, -0.05) is 5.92 Å². The van der Waals surface area contributed by atoms with E-state index in [-0.39, 0.29) is 0 Å². The van der Waals surface area contributed by atoms with Gasteiger partial charge in [0.2, 0.25) is 0 Å². The molecule has 1 atom stereocenters. The van der Waals surface area contributed by atoms with Crippen LogP contribution in [0.2, 0.25) is 0 Å². The van der Waals surface area contributed by atoms with Crippen molar-refractivity contribution in [3.8, 4) is 12.0 Å². The fraction of sp³-hybridized carbons (Fsp3) is 0.667. The van der Waals surface area contributed by atoms with Gasteiger partial charge in [0.05, 0.1) is 0 Å². The molecule has 0 bridgehead atoms. The predicted molar refractivity (Wildman–Crippen MR) is 33.2 cm³/mol. The Morgan fingerprint density at radius 1 is 1.88 bits per heavy atom. The van der Waals surface area contributed by atoms with Gasteiger partial charge >= 0.3 is 0 Å². The molecule has 1 rings (SSSR count). The summed E-state index contributed by atoms with van der Waals surface area (Å²) in [6.07, 6.45) is 0. The molecule has 1 fully saturated rings. The summed E-state index contributed by atoms with van der Waals surface area (Å²) in [4.78, 5) is 0. The number of nitrogens with one attached hydrogen (secondary N) is 2. The van der Waals surface area contributed by atoms with Crippen LogP contribution in [0.4, 0.5) is 0 Å². The van der Waals surface area contributed by atoms with E-state index in [4.69, 9.17) is 0 Å². The van der Waals surface area contributed by atoms with Crippen molar-refractivity contribution in [3.63, 3.8) is 0 Å². The van der Waals surface area contributed by atoms with Gasteiger partial charge < -0.3 is 10.6 Å². The molecule has 0 aromatic carbocycles. The molecule has 2 nitrogen and oxygen atoms in total. The Morgan fingerprint density at radius 2 is 2.62 bits per heavy atom. The van der Waals surface area contributed by atoms with Crippen LogP contribution in [0, 0.1) is 12.0 Å². The second kappa shape index (κ2) is 2.58. The zero-order chi connectivity index (χ0) is 5.82. The smallest absolute Gasteiger partial charge is 0.0396 e. The van der Waals surface area contributed by atoms with E-state index in [9.17, 15) is 0 Å². The first-order chi connectivity index (χ1) is 3.93. The zero-order valence-corrected chi connectivity index (χ0v) is 4.99. The van der Waals surface area contributed by atoms with Crippen LogP contribution in [0.1, 0.15) is 6.92 Å². The number of rotatable bonds is 2. The van der Waals surface area contributed by atoms with E-state index >= 15 is 0 Å². The first-order valence-corrected chi connectivity index (χ1v) is 2.81. The van der Waals surface area contributed by atoms with Crippen molar-refractivity contribution in [1.82, 2.24) is 10.6 Å². The monoisotopic (exact) mass is 110 g/mol. The molecule has 2 N–H and O–H groups in total. The summed E-state index contributed by atoms with van der Waals surface area (Å²) in [5.41, 5.74) is 0. The van der Waals surface area contributed by atoms with Gasteiger partial charge in [0.15, 0.2) is 0 Å². The Hall–Kier alpha value is -0.680. The second-order valence-corrected chi connectivity index (χ2v) is 1.86. The normalized spacial score (nSPS) is 23.4. The van der Waals surface area contributed by atoms with Crippen molar-refractivity contribution in [1.29, 1.82) is 0 Å². The summed E-state index contributed by atoms with van der Waals surface area (Å²) in [6, 6.07) is 3.47. The third-order valence-corrected chi connectivity index (χ3v) is 1.05. The standard InChI is InChI=1S/C6H10N2/c1-2-3-7-4-6-5-8-6/h6-8H,4-5H2,1H3. The topological polar surface area (TPSA) is 34.0 Å². The van der Waals surface area contributed by atoms with Crippen LogP contribution in [-0.4, -0.2) is 19.1 Å². The van der Waals surface area contributed by atoms with Gasteiger partial charge in [-0.2, -0.15) is 0 Å². The SMILES string of the molecule is CC#CNCC1CN1. The van der Waals surface area contributed by atoms with E-state index < -0.39 is 0 Å². The largest absolute Gasteiger partial charge is 0.344 e. The zero-order valence-electron chi connectivity index (χ0n) is 4.99. The third-order valence-electron chi connectivity index (χ3n) is 1.05. The molecule has 1 aliphatic heterocycles. The summed E-state index contributed by atoms with van der Waals surface area (Å²) < 4.78 is 0. The molecule has 0 aromatic heterocycles. The minimum atomic E-state index is 0.691. The summed E-state index contributed by atoms with van der Waals surface area (Å²) >= 11 is 0. The quantitative estimate of drug-likeness (QED) is 0.286. The highest BCUT2D eigenvalue weighted by molar-refractivity contribution is 4.96. The van der Waals surface area contributed by atoms with Crippen LogP contribution in [0.25, 0.3) is 0 Å². The summed E-state index contributed by atoms with van der Waals surface area (Å²) in [5, 5.41) is 6.14. The average Bonchev–Trinajstić information content (AvgIpc) is 2.51. The van der Waals surface area contributed by atoms with Crippen LogP contribution >= 0.6 is 0 Å². The van der Waals surface area contributed by atoms with Crippen LogP contribution in [-0.2, 0) is 0 Å². The second-order valence-electron chi connectivity index (χ2n) is 1.86. The maximum absolute atomic E-state index is 3.16. The van der Waals surface area contributed by atoms with Crippen molar-refractivity contribution in [2.45, 2.75) is 13.0 Å². The molecule has 0 saturated carbocycles. The molecule has 0 aromatic rings. The Morgan fingerprint density at radius 3 is 3.12 bits per heavy atom. The minimum absolute atomic E-state index is 0.691. The van der Waals surface area contributed by atoms with E-state index in [1.165, 1.54) is 0 Å². The number of hydrogen-bond acceptors (Lipinski definition) is 2. The van der Waals surface area contributed by atoms with E-state index in [0.29, 0.717) is 6.04 Å². The fourth-order valence-electron chi connectivity index (χ4n) is 0.490.